The minimum absolute atomic E-state index is 0.0516. The monoisotopic (exact) mass is 912 g/mol. The Kier molecular flexibility index (Phi) is 23.4. The van der Waals surface area contributed by atoms with Crippen LogP contribution in [-0.2, 0) is 31.9 Å². The molecule has 0 aromatic heterocycles. The molecule has 0 amide bonds. The zero-order valence-corrected chi connectivity index (χ0v) is 43.7. The molecule has 1 aliphatic heterocycles. The van der Waals surface area contributed by atoms with Crippen molar-refractivity contribution in [2.75, 3.05) is 52.7 Å². The van der Waals surface area contributed by atoms with Crippen molar-refractivity contribution in [1.82, 2.24) is 4.90 Å². The van der Waals surface area contributed by atoms with Gasteiger partial charge in [0.1, 0.15) is 0 Å². The maximum Gasteiger partial charge on any atom is 0.0936 e. The standard InChI is InChI=1S/C61H101NO4/c1-7-8-9-10-11-12-13-14-15-16-17-18-19-20-21-24-40-64-48-55(47-62-39-36-51-28-22-23-29-52(51)46-62)66-44-42-63-41-43-65-54-34-37-60(5)53(45-54)30-31-56-58-33-32-57(50(4)27-25-26-49(2)3)61(58,6)38-35-59(56)60/h11-12,14-15,22-23,28-30,49-50,54-59H,7-10,13,16-21,24-27,31-48H2,1-6H3/b12-11-,15-14-/t50-,54+,55?,56+,57-,58+,59+,60+,61-/m1/s1. The molecule has 0 spiro atoms. The molecular formula is C61H101NO4. The summed E-state index contributed by atoms with van der Waals surface area (Å²) in [6, 6.07) is 8.92. The Hall–Kier alpha value is -1.76. The largest absolute Gasteiger partial charge is 0.379 e. The summed E-state index contributed by atoms with van der Waals surface area (Å²) in [6.07, 6.45) is 43.8. The Morgan fingerprint density at radius 3 is 2.29 bits per heavy atom. The van der Waals surface area contributed by atoms with Crippen molar-refractivity contribution in [3.05, 3.63) is 71.3 Å². The van der Waals surface area contributed by atoms with Gasteiger partial charge in [-0.15, -0.1) is 0 Å². The fourth-order valence-electron chi connectivity index (χ4n) is 14.0. The Morgan fingerprint density at radius 2 is 1.48 bits per heavy atom. The molecule has 0 bridgehead atoms. The number of benzene rings is 1. The molecule has 1 unspecified atom stereocenters. The average molecular weight is 912 g/mol. The van der Waals surface area contributed by atoms with Gasteiger partial charge >= 0.3 is 0 Å². The predicted molar refractivity (Wildman–Crippen MR) is 279 cm³/mol. The number of unbranched alkanes of at least 4 members (excludes halogenated alkanes) is 9. The molecule has 0 radical (unpaired) electrons. The van der Waals surface area contributed by atoms with Crippen LogP contribution >= 0.6 is 0 Å². The van der Waals surface area contributed by atoms with Gasteiger partial charge in [-0.3, -0.25) is 4.90 Å². The fourth-order valence-corrected chi connectivity index (χ4v) is 14.0. The van der Waals surface area contributed by atoms with Crippen LogP contribution in [-0.4, -0.2) is 69.8 Å². The SMILES string of the molecule is CCCCC/C=C\C/C=C\CCCCCCCCOCC(CN1CCc2ccccc2C1)OCCOCCO[C@H]1CC[C@@]2(C)C(=CC[C@H]3[C@@H]4CC[C@H]([C@H](C)CCCC(C)C)[C@@]4(C)CC[C@@H]32)C1. The summed E-state index contributed by atoms with van der Waals surface area (Å²) in [5.41, 5.74) is 5.61. The Balaban J connectivity index is 0.842. The first-order valence-electron chi connectivity index (χ1n) is 28.4. The molecule has 374 valence electrons. The van der Waals surface area contributed by atoms with Gasteiger partial charge in [0.2, 0.25) is 0 Å². The van der Waals surface area contributed by atoms with Gasteiger partial charge in [0, 0.05) is 26.2 Å². The molecule has 5 aliphatic rings. The van der Waals surface area contributed by atoms with Crippen LogP contribution in [0.3, 0.4) is 0 Å². The van der Waals surface area contributed by atoms with E-state index in [2.05, 4.69) is 101 Å². The summed E-state index contributed by atoms with van der Waals surface area (Å²) < 4.78 is 25.5. The van der Waals surface area contributed by atoms with Crippen molar-refractivity contribution < 1.29 is 18.9 Å². The van der Waals surface area contributed by atoms with Crippen molar-refractivity contribution in [3.8, 4) is 0 Å². The van der Waals surface area contributed by atoms with Crippen LogP contribution in [0.25, 0.3) is 0 Å². The van der Waals surface area contributed by atoms with Crippen molar-refractivity contribution in [2.24, 2.45) is 46.3 Å². The predicted octanol–water partition coefficient (Wildman–Crippen LogP) is 15.7. The van der Waals surface area contributed by atoms with Gasteiger partial charge in [-0.1, -0.05) is 160 Å². The topological polar surface area (TPSA) is 40.2 Å². The molecule has 0 saturated heterocycles. The highest BCUT2D eigenvalue weighted by Gasteiger charge is 2.59. The molecule has 1 aromatic carbocycles. The highest BCUT2D eigenvalue weighted by Crippen LogP contribution is 2.67. The van der Waals surface area contributed by atoms with Crippen molar-refractivity contribution in [1.29, 1.82) is 0 Å². The van der Waals surface area contributed by atoms with Gasteiger partial charge < -0.3 is 18.9 Å². The highest BCUT2D eigenvalue weighted by atomic mass is 16.6. The second-order valence-electron chi connectivity index (χ2n) is 23.0. The second kappa shape index (κ2) is 28.8. The summed E-state index contributed by atoms with van der Waals surface area (Å²) in [5, 5.41) is 0. The van der Waals surface area contributed by atoms with Crippen molar-refractivity contribution >= 4 is 0 Å². The van der Waals surface area contributed by atoms with E-state index in [-0.39, 0.29) is 6.10 Å². The minimum Gasteiger partial charge on any atom is -0.379 e. The second-order valence-corrected chi connectivity index (χ2v) is 23.0. The summed E-state index contributed by atoms with van der Waals surface area (Å²) >= 11 is 0. The Morgan fingerprint density at radius 1 is 0.727 bits per heavy atom. The van der Waals surface area contributed by atoms with Gasteiger partial charge in [0.25, 0.3) is 0 Å². The first kappa shape index (κ1) is 53.6. The lowest BCUT2D eigenvalue weighted by molar-refractivity contribution is -0.0737. The van der Waals surface area contributed by atoms with Gasteiger partial charge in [0.15, 0.2) is 0 Å². The first-order chi connectivity index (χ1) is 32.2. The van der Waals surface area contributed by atoms with Crippen LogP contribution in [0, 0.1) is 46.3 Å². The first-order valence-corrected chi connectivity index (χ1v) is 28.4. The molecule has 3 saturated carbocycles. The number of nitrogens with zero attached hydrogens (tertiary/aromatic N) is 1. The van der Waals surface area contributed by atoms with Crippen LogP contribution in [0.4, 0.5) is 0 Å². The number of rotatable bonds is 32. The van der Waals surface area contributed by atoms with Crippen molar-refractivity contribution in [2.45, 2.75) is 214 Å². The van der Waals surface area contributed by atoms with Crippen LogP contribution in [0.1, 0.15) is 200 Å². The van der Waals surface area contributed by atoms with E-state index in [1.165, 1.54) is 140 Å². The molecule has 9 atom stereocenters. The third-order valence-electron chi connectivity index (χ3n) is 17.9. The summed E-state index contributed by atoms with van der Waals surface area (Å²) in [5.74, 6) is 5.33. The summed E-state index contributed by atoms with van der Waals surface area (Å²) in [6.45, 7) is 22.0. The maximum absolute atomic E-state index is 6.55. The third kappa shape index (κ3) is 16.1. The molecule has 5 heteroatoms. The Bertz CT molecular complexity index is 1580. The van der Waals surface area contributed by atoms with E-state index in [4.69, 9.17) is 18.9 Å². The number of fused-ring (bicyclic) bond motifs is 6. The van der Waals surface area contributed by atoms with Crippen LogP contribution < -0.4 is 0 Å². The molecule has 3 fully saturated rings. The van der Waals surface area contributed by atoms with E-state index < -0.39 is 0 Å². The van der Waals surface area contributed by atoms with Gasteiger partial charge in [0.05, 0.1) is 45.2 Å². The smallest absolute Gasteiger partial charge is 0.0936 e. The Labute approximate surface area is 407 Å². The molecule has 0 N–H and O–H groups in total. The molecular weight excluding hydrogens is 811 g/mol. The van der Waals surface area contributed by atoms with Gasteiger partial charge in [-0.05, 0) is 154 Å². The summed E-state index contributed by atoms with van der Waals surface area (Å²) in [4.78, 5) is 2.55. The number of allylic oxidation sites excluding steroid dienone is 5. The van der Waals surface area contributed by atoms with E-state index in [1.54, 1.807) is 5.57 Å². The van der Waals surface area contributed by atoms with Crippen LogP contribution in [0.2, 0.25) is 0 Å². The third-order valence-corrected chi connectivity index (χ3v) is 17.9. The number of ether oxygens (including phenoxy) is 4. The summed E-state index contributed by atoms with van der Waals surface area (Å²) in [7, 11) is 0. The lowest BCUT2D eigenvalue weighted by atomic mass is 9.47. The van der Waals surface area contributed by atoms with E-state index in [0.29, 0.717) is 50.0 Å². The average Bonchev–Trinajstić information content (AvgIpc) is 3.68. The molecule has 4 aliphatic carbocycles. The lowest BCUT2D eigenvalue weighted by Gasteiger charge is -2.58. The van der Waals surface area contributed by atoms with Gasteiger partial charge in [-0.25, -0.2) is 0 Å². The zero-order chi connectivity index (χ0) is 46.5. The number of hydrogen-bond acceptors (Lipinski definition) is 5. The lowest BCUT2D eigenvalue weighted by Crippen LogP contribution is -2.51. The molecule has 5 nitrogen and oxygen atoms in total. The van der Waals surface area contributed by atoms with E-state index in [9.17, 15) is 0 Å². The quantitative estimate of drug-likeness (QED) is 0.0532. The molecule has 1 aromatic rings. The molecule has 66 heavy (non-hydrogen) atoms. The zero-order valence-electron chi connectivity index (χ0n) is 43.7. The maximum atomic E-state index is 6.55. The fraction of sp³-hybridized carbons (Fsp3) is 0.803. The van der Waals surface area contributed by atoms with E-state index >= 15 is 0 Å². The van der Waals surface area contributed by atoms with E-state index in [0.717, 1.165) is 87.4 Å². The van der Waals surface area contributed by atoms with Crippen LogP contribution in [0.5, 0.6) is 0 Å². The van der Waals surface area contributed by atoms with Crippen molar-refractivity contribution in [3.63, 3.8) is 0 Å². The normalized spacial score (nSPS) is 28.7. The highest BCUT2D eigenvalue weighted by molar-refractivity contribution is 5.29. The number of hydrogen-bond donors (Lipinski definition) is 0. The molecule has 1 heterocycles. The van der Waals surface area contributed by atoms with E-state index in [1.807, 2.05) is 0 Å². The minimum atomic E-state index is 0.0516. The van der Waals surface area contributed by atoms with Gasteiger partial charge in [-0.2, -0.15) is 0 Å². The molecule has 6 rings (SSSR count). The van der Waals surface area contributed by atoms with Crippen LogP contribution in [0.15, 0.2) is 60.2 Å².